The Kier molecular flexibility index (Phi) is 3.77. The van der Waals surface area contributed by atoms with Crippen LogP contribution in [0.5, 0.6) is 5.75 Å². The van der Waals surface area contributed by atoms with E-state index in [4.69, 9.17) is 14.7 Å². The number of para-hydroxylation sites is 2. The van der Waals surface area contributed by atoms with Gasteiger partial charge in [-0.25, -0.2) is 4.98 Å². The summed E-state index contributed by atoms with van der Waals surface area (Å²) in [6.45, 7) is 0. The lowest BCUT2D eigenvalue weighted by Crippen LogP contribution is -2.01. The van der Waals surface area contributed by atoms with E-state index < -0.39 is 0 Å². The van der Waals surface area contributed by atoms with Crippen molar-refractivity contribution in [3.8, 4) is 22.8 Å². The molecule has 5 heteroatoms. The molecule has 0 aliphatic rings. The molecular weight excluding hydrogens is 299 g/mol. The van der Waals surface area contributed by atoms with Gasteiger partial charge in [0, 0.05) is 11.3 Å². The highest BCUT2D eigenvalue weighted by atomic mass is 16.5. The molecule has 1 heterocycles. The first-order valence-corrected chi connectivity index (χ1v) is 7.74. The Labute approximate surface area is 140 Å². The Morgan fingerprint density at radius 1 is 0.833 bits per heavy atom. The van der Waals surface area contributed by atoms with Crippen LogP contribution in [-0.4, -0.2) is 22.3 Å². The average molecular weight is 314 g/mol. The molecule has 0 saturated carbocycles. The zero-order valence-corrected chi connectivity index (χ0v) is 13.0. The fourth-order valence-corrected chi connectivity index (χ4v) is 2.83. The largest absolute Gasteiger partial charge is 0.539 e. The van der Waals surface area contributed by atoms with Gasteiger partial charge in [-0.2, -0.15) is 0 Å². The molecule has 4 aromatic rings. The maximum atomic E-state index is 8.87. The van der Waals surface area contributed by atoms with Crippen LogP contribution in [0.3, 0.4) is 0 Å². The van der Waals surface area contributed by atoms with Crippen LogP contribution in [0.25, 0.3) is 28.1 Å². The highest BCUT2D eigenvalue weighted by Crippen LogP contribution is 2.29. The monoisotopic (exact) mass is 314 g/mol. The van der Waals surface area contributed by atoms with Crippen molar-refractivity contribution in [2.24, 2.45) is 0 Å². The number of imidazole rings is 1. The molecule has 0 aliphatic heterocycles. The summed E-state index contributed by atoms with van der Waals surface area (Å²) in [5.41, 5.74) is 4.05. The van der Waals surface area contributed by atoms with Gasteiger partial charge in [0.1, 0.15) is 11.6 Å². The molecule has 24 heavy (non-hydrogen) atoms. The van der Waals surface area contributed by atoms with E-state index in [-0.39, 0.29) is 7.69 Å². The number of nitrogens with zero attached hydrogens (tertiary/aromatic N) is 2. The summed E-state index contributed by atoms with van der Waals surface area (Å²) in [5.74, 6) is 1.53. The van der Waals surface area contributed by atoms with Gasteiger partial charge in [-0.15, -0.1) is 0 Å². The minimum absolute atomic E-state index is 0.331. The smallest absolute Gasteiger partial charge is 0.504 e. The molecule has 0 radical (unpaired) electrons. The van der Waals surface area contributed by atoms with Crippen molar-refractivity contribution < 1.29 is 9.68 Å². The molecule has 4 nitrogen and oxygen atoms in total. The standard InChI is InChI=1S/C19H15BN2O2/c23-20-24-16-12-10-15(11-13-16)22-18-9-5-4-8-17(18)21-19(22)14-6-2-1-3-7-14/h1-13,20,23H. The number of benzene rings is 3. The van der Waals surface area contributed by atoms with Crippen molar-refractivity contribution in [2.75, 3.05) is 0 Å². The summed E-state index contributed by atoms with van der Waals surface area (Å²) in [4.78, 5) is 4.81. The second kappa shape index (κ2) is 6.22. The molecule has 0 saturated heterocycles. The molecule has 0 aliphatic carbocycles. The molecule has 116 valence electrons. The molecule has 4 rings (SSSR count). The van der Waals surface area contributed by atoms with Crippen molar-refractivity contribution >= 4 is 18.7 Å². The van der Waals surface area contributed by atoms with E-state index in [0.29, 0.717) is 5.75 Å². The van der Waals surface area contributed by atoms with Gasteiger partial charge in [-0.05, 0) is 36.4 Å². The Morgan fingerprint density at radius 2 is 1.54 bits per heavy atom. The summed E-state index contributed by atoms with van der Waals surface area (Å²) in [7, 11) is -0.331. The van der Waals surface area contributed by atoms with Gasteiger partial charge in [0.2, 0.25) is 0 Å². The van der Waals surface area contributed by atoms with Crippen molar-refractivity contribution in [1.29, 1.82) is 0 Å². The van der Waals surface area contributed by atoms with Crippen LogP contribution in [0.4, 0.5) is 0 Å². The van der Waals surface area contributed by atoms with Gasteiger partial charge >= 0.3 is 7.69 Å². The van der Waals surface area contributed by atoms with Crippen LogP contribution in [0.1, 0.15) is 0 Å². The first kappa shape index (κ1) is 14.5. The van der Waals surface area contributed by atoms with Gasteiger partial charge in [0.25, 0.3) is 0 Å². The second-order valence-electron chi connectivity index (χ2n) is 5.39. The molecule has 1 aromatic heterocycles. The van der Waals surface area contributed by atoms with Gasteiger partial charge < -0.3 is 9.68 Å². The lowest BCUT2D eigenvalue weighted by atomic mass is 10.2. The number of hydrogen-bond acceptors (Lipinski definition) is 3. The van der Waals surface area contributed by atoms with Crippen LogP contribution in [0, 0.1) is 0 Å². The lowest BCUT2D eigenvalue weighted by molar-refractivity contribution is 0.454. The average Bonchev–Trinajstić information content (AvgIpc) is 3.03. The van der Waals surface area contributed by atoms with Crippen LogP contribution >= 0.6 is 0 Å². The van der Waals surface area contributed by atoms with E-state index in [2.05, 4.69) is 22.8 Å². The molecule has 0 fully saturated rings. The van der Waals surface area contributed by atoms with Gasteiger partial charge in [-0.3, -0.25) is 4.57 Å². The Hall–Kier alpha value is -3.05. The maximum absolute atomic E-state index is 8.87. The van der Waals surface area contributed by atoms with Crippen LogP contribution in [0.15, 0.2) is 78.9 Å². The quantitative estimate of drug-likeness (QED) is 0.588. The Balaban J connectivity index is 1.92. The normalized spacial score (nSPS) is 10.7. The van der Waals surface area contributed by atoms with E-state index in [0.717, 1.165) is 28.1 Å². The third-order valence-electron chi connectivity index (χ3n) is 3.92. The molecule has 0 amide bonds. The molecule has 1 N–H and O–H groups in total. The van der Waals surface area contributed by atoms with Crippen molar-refractivity contribution in [3.05, 3.63) is 78.9 Å². The third-order valence-corrected chi connectivity index (χ3v) is 3.92. The summed E-state index contributed by atoms with van der Waals surface area (Å²) >= 11 is 0. The molecule has 0 bridgehead atoms. The Bertz CT molecular complexity index is 966. The SMILES string of the molecule is OBOc1ccc(-n2c(-c3ccccc3)nc3ccccc32)cc1. The first-order valence-electron chi connectivity index (χ1n) is 7.74. The predicted molar refractivity (Wildman–Crippen MR) is 96.5 cm³/mol. The molecule has 0 spiro atoms. The van der Waals surface area contributed by atoms with Crippen LogP contribution < -0.4 is 4.65 Å². The van der Waals surface area contributed by atoms with Crippen molar-refractivity contribution in [2.45, 2.75) is 0 Å². The topological polar surface area (TPSA) is 47.3 Å². The summed E-state index contributed by atoms with van der Waals surface area (Å²) in [6.07, 6.45) is 0. The van der Waals surface area contributed by atoms with E-state index in [1.54, 1.807) is 0 Å². The third kappa shape index (κ3) is 2.55. The number of fused-ring (bicyclic) bond motifs is 1. The Morgan fingerprint density at radius 3 is 2.29 bits per heavy atom. The van der Waals surface area contributed by atoms with E-state index in [1.165, 1.54) is 0 Å². The fraction of sp³-hybridized carbons (Fsp3) is 0. The summed E-state index contributed by atoms with van der Waals surface area (Å²) in [6, 6.07) is 25.8. The minimum atomic E-state index is -0.331. The van der Waals surface area contributed by atoms with E-state index in [1.807, 2.05) is 60.7 Å². The van der Waals surface area contributed by atoms with Crippen molar-refractivity contribution in [3.63, 3.8) is 0 Å². The van der Waals surface area contributed by atoms with Crippen LogP contribution in [0.2, 0.25) is 0 Å². The summed E-state index contributed by atoms with van der Waals surface area (Å²) in [5, 5.41) is 8.87. The molecule has 0 unspecified atom stereocenters. The number of hydrogen-bond donors (Lipinski definition) is 1. The fourth-order valence-electron chi connectivity index (χ4n) is 2.83. The zero-order valence-electron chi connectivity index (χ0n) is 13.0. The zero-order chi connectivity index (χ0) is 16.4. The number of rotatable bonds is 4. The maximum Gasteiger partial charge on any atom is 0.504 e. The highest BCUT2D eigenvalue weighted by Gasteiger charge is 2.13. The van der Waals surface area contributed by atoms with Gasteiger partial charge in [0.05, 0.1) is 11.0 Å². The van der Waals surface area contributed by atoms with Gasteiger partial charge in [-0.1, -0.05) is 42.5 Å². The van der Waals surface area contributed by atoms with E-state index in [9.17, 15) is 0 Å². The van der Waals surface area contributed by atoms with Crippen LogP contribution in [-0.2, 0) is 0 Å². The molecule has 3 aromatic carbocycles. The highest BCUT2D eigenvalue weighted by molar-refractivity contribution is 6.17. The first-order chi connectivity index (χ1) is 11.9. The molecule has 0 atom stereocenters. The minimum Gasteiger partial charge on any atom is -0.539 e. The summed E-state index contributed by atoms with van der Waals surface area (Å²) < 4.78 is 7.24. The predicted octanol–water partition coefficient (Wildman–Crippen LogP) is 3.33. The lowest BCUT2D eigenvalue weighted by Gasteiger charge is -2.10. The van der Waals surface area contributed by atoms with E-state index >= 15 is 0 Å². The van der Waals surface area contributed by atoms with Crippen molar-refractivity contribution in [1.82, 2.24) is 9.55 Å². The molecular formula is C19H15BN2O2. The number of aromatic nitrogens is 2. The second-order valence-corrected chi connectivity index (χ2v) is 5.39. The van der Waals surface area contributed by atoms with Gasteiger partial charge in [0.15, 0.2) is 0 Å².